The lowest BCUT2D eigenvalue weighted by Crippen LogP contribution is -2.47. The Balaban J connectivity index is 1.75. The van der Waals surface area contributed by atoms with Crippen molar-refractivity contribution in [3.63, 3.8) is 0 Å². The first-order valence-corrected chi connectivity index (χ1v) is 9.65. The molecule has 5 rings (SSSR count). The van der Waals surface area contributed by atoms with E-state index in [1.54, 1.807) is 29.1 Å². The zero-order valence-electron chi connectivity index (χ0n) is 16.0. The number of rotatable bonds is 4. The van der Waals surface area contributed by atoms with E-state index in [0.717, 1.165) is 17.4 Å². The monoisotopic (exact) mass is 401 g/mol. The van der Waals surface area contributed by atoms with Gasteiger partial charge in [0.2, 0.25) is 0 Å². The number of ether oxygens (including phenoxy) is 1. The van der Waals surface area contributed by atoms with Crippen LogP contribution in [0.4, 0.5) is 5.82 Å². The van der Waals surface area contributed by atoms with Crippen molar-refractivity contribution in [3.05, 3.63) is 60.8 Å². The molecule has 2 aromatic heterocycles. The molecule has 1 aliphatic rings. The van der Waals surface area contributed by atoms with Crippen LogP contribution in [0, 0.1) is 0 Å². The largest absolute Gasteiger partial charge is 0.508 e. The molecular weight excluding hydrogens is 382 g/mol. The predicted molar refractivity (Wildman–Crippen MR) is 112 cm³/mol. The van der Waals surface area contributed by atoms with Crippen LogP contribution in [-0.2, 0) is 9.53 Å². The highest BCUT2D eigenvalue weighted by Crippen LogP contribution is 2.31. The van der Waals surface area contributed by atoms with Gasteiger partial charge in [-0.1, -0.05) is 30.3 Å². The molecule has 8 heteroatoms. The summed E-state index contributed by atoms with van der Waals surface area (Å²) in [5.41, 5.74) is 2.17. The number of aldehydes is 1. The van der Waals surface area contributed by atoms with E-state index < -0.39 is 6.04 Å². The van der Waals surface area contributed by atoms with Crippen LogP contribution in [-0.4, -0.2) is 56.9 Å². The van der Waals surface area contributed by atoms with Crippen molar-refractivity contribution in [3.8, 4) is 22.8 Å². The Morgan fingerprint density at radius 2 is 1.97 bits per heavy atom. The van der Waals surface area contributed by atoms with Gasteiger partial charge in [-0.05, 0) is 24.3 Å². The standard InChI is InChI=1S/C22H19N5O3/c28-13-17-14-30-10-9-26(17)21-19-12-23-27(16-6-2-1-3-7-16)22(19)25-20(24-21)15-5-4-8-18(29)11-15/h1-8,11-13,17,29H,9-10,14H2. The minimum absolute atomic E-state index is 0.131. The molecule has 0 saturated carbocycles. The zero-order chi connectivity index (χ0) is 20.5. The molecule has 1 aliphatic heterocycles. The molecule has 8 nitrogen and oxygen atoms in total. The van der Waals surface area contributed by atoms with E-state index in [1.165, 1.54) is 0 Å². The lowest BCUT2D eigenvalue weighted by Gasteiger charge is -2.33. The summed E-state index contributed by atoms with van der Waals surface area (Å²) in [5.74, 6) is 1.20. The average Bonchev–Trinajstić information content (AvgIpc) is 3.23. The number of aromatic hydroxyl groups is 1. The molecule has 30 heavy (non-hydrogen) atoms. The lowest BCUT2D eigenvalue weighted by molar-refractivity contribution is -0.111. The first-order valence-electron chi connectivity index (χ1n) is 9.65. The molecule has 0 spiro atoms. The normalized spacial score (nSPS) is 16.7. The van der Waals surface area contributed by atoms with Crippen molar-refractivity contribution >= 4 is 23.1 Å². The Labute approximate surface area is 172 Å². The third kappa shape index (κ3) is 3.17. The number of phenolic OH excluding ortho intramolecular Hbond substituents is 1. The Kier molecular flexibility index (Phi) is 4.61. The molecule has 0 radical (unpaired) electrons. The van der Waals surface area contributed by atoms with E-state index in [9.17, 15) is 9.90 Å². The quantitative estimate of drug-likeness (QED) is 0.525. The van der Waals surface area contributed by atoms with E-state index in [1.807, 2.05) is 41.3 Å². The van der Waals surface area contributed by atoms with Crippen molar-refractivity contribution in [2.24, 2.45) is 0 Å². The number of para-hydroxylation sites is 1. The van der Waals surface area contributed by atoms with Crippen molar-refractivity contribution < 1.29 is 14.6 Å². The topological polar surface area (TPSA) is 93.4 Å². The van der Waals surface area contributed by atoms with Crippen molar-refractivity contribution in [1.82, 2.24) is 19.7 Å². The highest BCUT2D eigenvalue weighted by Gasteiger charge is 2.27. The van der Waals surface area contributed by atoms with Gasteiger partial charge in [0.25, 0.3) is 0 Å². The maximum atomic E-state index is 11.7. The highest BCUT2D eigenvalue weighted by atomic mass is 16.5. The van der Waals surface area contributed by atoms with Crippen LogP contribution in [0.1, 0.15) is 0 Å². The molecule has 0 bridgehead atoms. The lowest BCUT2D eigenvalue weighted by atomic mass is 10.2. The van der Waals surface area contributed by atoms with Crippen LogP contribution in [0.25, 0.3) is 28.1 Å². The Bertz CT molecular complexity index is 1210. The number of benzene rings is 2. The molecule has 0 amide bonds. The number of nitrogens with zero attached hydrogens (tertiary/aromatic N) is 5. The summed E-state index contributed by atoms with van der Waals surface area (Å²) in [4.78, 5) is 23.2. The van der Waals surface area contributed by atoms with Gasteiger partial charge in [0, 0.05) is 12.1 Å². The van der Waals surface area contributed by atoms with Crippen molar-refractivity contribution in [2.75, 3.05) is 24.7 Å². The second kappa shape index (κ2) is 7.57. The first-order chi connectivity index (χ1) is 14.7. The second-order valence-electron chi connectivity index (χ2n) is 7.02. The molecule has 1 atom stereocenters. The summed E-state index contributed by atoms with van der Waals surface area (Å²) in [5, 5.41) is 15.2. The van der Waals surface area contributed by atoms with E-state index in [0.29, 0.717) is 42.6 Å². The van der Waals surface area contributed by atoms with Crippen LogP contribution in [0.2, 0.25) is 0 Å². The first kappa shape index (κ1) is 18.3. The Morgan fingerprint density at radius 3 is 2.77 bits per heavy atom. The Morgan fingerprint density at radius 1 is 1.10 bits per heavy atom. The van der Waals surface area contributed by atoms with E-state index in [2.05, 4.69) is 5.10 Å². The maximum Gasteiger partial charge on any atom is 0.169 e. The number of anilines is 1. The SMILES string of the molecule is O=CC1COCCN1c1nc(-c2cccc(O)c2)nc2c1cnn2-c1ccccc1. The average molecular weight is 401 g/mol. The number of fused-ring (bicyclic) bond motifs is 1. The van der Waals surface area contributed by atoms with Gasteiger partial charge in [-0.2, -0.15) is 5.10 Å². The van der Waals surface area contributed by atoms with Crippen LogP contribution in [0.5, 0.6) is 5.75 Å². The number of aromatic nitrogens is 4. The second-order valence-corrected chi connectivity index (χ2v) is 7.02. The molecule has 1 fully saturated rings. The molecule has 4 aromatic rings. The van der Waals surface area contributed by atoms with Crippen LogP contribution in [0.3, 0.4) is 0 Å². The summed E-state index contributed by atoms with van der Waals surface area (Å²) in [7, 11) is 0. The van der Waals surface area contributed by atoms with Crippen molar-refractivity contribution in [2.45, 2.75) is 6.04 Å². The molecule has 1 saturated heterocycles. The predicted octanol–water partition coefficient (Wildman–Crippen LogP) is 2.59. The van der Waals surface area contributed by atoms with E-state index in [-0.39, 0.29) is 5.75 Å². The van der Waals surface area contributed by atoms with Gasteiger partial charge in [-0.3, -0.25) is 0 Å². The Hall–Kier alpha value is -3.78. The summed E-state index contributed by atoms with van der Waals surface area (Å²) >= 11 is 0. The van der Waals surface area contributed by atoms with Gasteiger partial charge in [0.15, 0.2) is 11.5 Å². The van der Waals surface area contributed by atoms with Crippen LogP contribution in [0.15, 0.2) is 60.8 Å². The number of hydrogen-bond donors (Lipinski definition) is 1. The third-order valence-electron chi connectivity index (χ3n) is 5.11. The molecule has 3 heterocycles. The number of hydrogen-bond acceptors (Lipinski definition) is 7. The molecule has 150 valence electrons. The van der Waals surface area contributed by atoms with Gasteiger partial charge < -0.3 is 19.5 Å². The summed E-state index contributed by atoms with van der Waals surface area (Å²) in [6, 6.07) is 16.1. The van der Waals surface area contributed by atoms with Gasteiger partial charge in [0.05, 0.1) is 30.5 Å². The third-order valence-corrected chi connectivity index (χ3v) is 5.11. The van der Waals surface area contributed by atoms with Crippen molar-refractivity contribution in [1.29, 1.82) is 0 Å². The van der Waals surface area contributed by atoms with Gasteiger partial charge in [0.1, 0.15) is 23.9 Å². The van der Waals surface area contributed by atoms with E-state index in [4.69, 9.17) is 14.7 Å². The summed E-state index contributed by atoms with van der Waals surface area (Å²) < 4.78 is 7.22. The smallest absolute Gasteiger partial charge is 0.169 e. The molecule has 2 aromatic carbocycles. The fourth-order valence-corrected chi connectivity index (χ4v) is 3.64. The summed E-state index contributed by atoms with van der Waals surface area (Å²) in [6.45, 7) is 1.35. The van der Waals surface area contributed by atoms with Crippen LogP contribution < -0.4 is 4.90 Å². The van der Waals surface area contributed by atoms with Gasteiger partial charge in [-0.25, -0.2) is 14.6 Å². The van der Waals surface area contributed by atoms with Gasteiger partial charge in [-0.15, -0.1) is 0 Å². The fourth-order valence-electron chi connectivity index (χ4n) is 3.64. The molecule has 1 unspecified atom stereocenters. The van der Waals surface area contributed by atoms with E-state index >= 15 is 0 Å². The maximum absolute atomic E-state index is 11.7. The minimum atomic E-state index is -0.436. The number of carbonyl (C=O) groups is 1. The minimum Gasteiger partial charge on any atom is -0.508 e. The van der Waals surface area contributed by atoms with Crippen LogP contribution >= 0.6 is 0 Å². The van der Waals surface area contributed by atoms with Gasteiger partial charge >= 0.3 is 0 Å². The zero-order valence-corrected chi connectivity index (χ0v) is 16.0. The fraction of sp³-hybridized carbons (Fsp3) is 0.182. The molecular formula is C22H19N5O3. The molecule has 1 N–H and O–H groups in total. The summed E-state index contributed by atoms with van der Waals surface area (Å²) in [6.07, 6.45) is 2.60. The number of phenols is 1. The highest BCUT2D eigenvalue weighted by molar-refractivity contribution is 5.91. The number of morpholine rings is 1. The molecule has 0 aliphatic carbocycles. The number of carbonyl (C=O) groups excluding carboxylic acids is 1.